The molecule has 0 fully saturated rings. The first kappa shape index (κ1) is 19.8. The zero-order chi connectivity index (χ0) is 19.8. The quantitative estimate of drug-likeness (QED) is 0.425. The number of nitrogens with zero attached hydrogens (tertiary/aromatic N) is 2. The maximum absolute atomic E-state index is 12.1. The third-order valence-electron chi connectivity index (χ3n) is 3.95. The summed E-state index contributed by atoms with van der Waals surface area (Å²) in [5.74, 6) is 0.414. The lowest BCUT2D eigenvalue weighted by Gasteiger charge is -2.06. The van der Waals surface area contributed by atoms with Crippen LogP contribution < -0.4 is 5.32 Å². The van der Waals surface area contributed by atoms with E-state index in [2.05, 4.69) is 15.5 Å². The molecule has 1 aromatic carbocycles. The number of hydrogen-bond acceptors (Lipinski definition) is 7. The van der Waals surface area contributed by atoms with E-state index in [9.17, 15) is 9.59 Å². The molecule has 3 rings (SSSR count). The summed E-state index contributed by atoms with van der Waals surface area (Å²) < 4.78 is 10.3. The van der Waals surface area contributed by atoms with Crippen molar-refractivity contribution >= 4 is 28.9 Å². The number of carbonyl (C=O) groups excluding carboxylic acids is 2. The van der Waals surface area contributed by atoms with E-state index in [0.29, 0.717) is 36.0 Å². The monoisotopic (exact) mass is 399 g/mol. The fourth-order valence-corrected chi connectivity index (χ4v) is 3.03. The molecule has 28 heavy (non-hydrogen) atoms. The molecule has 0 aliphatic heterocycles. The van der Waals surface area contributed by atoms with E-state index in [4.69, 9.17) is 9.26 Å². The molecule has 0 unspecified atom stereocenters. The Balaban J connectivity index is 1.46. The number of aryl methyl sites for hydroxylation is 1. The first-order valence-electron chi connectivity index (χ1n) is 9.08. The minimum atomic E-state index is -0.357. The van der Waals surface area contributed by atoms with Crippen molar-refractivity contribution in [1.29, 1.82) is 0 Å². The number of benzene rings is 1. The van der Waals surface area contributed by atoms with Crippen LogP contribution in [0, 0.1) is 0 Å². The number of ether oxygens (including phenoxy) is 1. The fourth-order valence-electron chi connectivity index (χ4n) is 2.39. The van der Waals surface area contributed by atoms with E-state index >= 15 is 0 Å². The molecule has 2 heterocycles. The molecule has 7 nitrogen and oxygen atoms in total. The summed E-state index contributed by atoms with van der Waals surface area (Å²) in [5, 5.41) is 10.6. The number of nitrogens with one attached hydrogen (secondary N) is 1. The molecular formula is C20H21N3O4S. The Bertz CT molecular complexity index is 904. The van der Waals surface area contributed by atoms with Crippen molar-refractivity contribution in [2.75, 3.05) is 11.9 Å². The molecule has 0 spiro atoms. The van der Waals surface area contributed by atoms with Gasteiger partial charge in [0.1, 0.15) is 0 Å². The molecule has 0 bridgehead atoms. The summed E-state index contributed by atoms with van der Waals surface area (Å²) in [4.78, 5) is 28.3. The third-order valence-corrected chi connectivity index (χ3v) is 4.63. The fraction of sp³-hybridized carbons (Fsp3) is 0.300. The Kier molecular flexibility index (Phi) is 6.91. The van der Waals surface area contributed by atoms with Crippen molar-refractivity contribution in [2.45, 2.75) is 32.6 Å². The van der Waals surface area contributed by atoms with Crippen molar-refractivity contribution in [1.82, 2.24) is 10.1 Å². The van der Waals surface area contributed by atoms with Gasteiger partial charge in [-0.2, -0.15) is 16.3 Å². The zero-order valence-electron chi connectivity index (χ0n) is 15.5. The van der Waals surface area contributed by atoms with Gasteiger partial charge in [0.15, 0.2) is 0 Å². The molecule has 3 aromatic rings. The van der Waals surface area contributed by atoms with Gasteiger partial charge in [-0.3, -0.25) is 4.79 Å². The second-order valence-corrected chi connectivity index (χ2v) is 6.92. The SMILES string of the molecule is CCCCOC(=O)c1ccc(NC(=O)CCc2nc(-c3ccsc3)no2)cc1. The summed E-state index contributed by atoms with van der Waals surface area (Å²) in [5.41, 5.74) is 1.97. The van der Waals surface area contributed by atoms with Crippen LogP contribution in [0.5, 0.6) is 0 Å². The summed E-state index contributed by atoms with van der Waals surface area (Å²) in [7, 11) is 0. The first-order chi connectivity index (χ1) is 13.7. The number of aromatic nitrogens is 2. The van der Waals surface area contributed by atoms with Crippen molar-refractivity contribution in [2.24, 2.45) is 0 Å². The summed E-state index contributed by atoms with van der Waals surface area (Å²) in [6.45, 7) is 2.45. The molecule has 1 amide bonds. The zero-order valence-corrected chi connectivity index (χ0v) is 16.3. The Hall–Kier alpha value is -3.00. The van der Waals surface area contributed by atoms with Crippen molar-refractivity contribution in [3.63, 3.8) is 0 Å². The minimum absolute atomic E-state index is 0.173. The van der Waals surface area contributed by atoms with Crippen LogP contribution in [-0.2, 0) is 16.0 Å². The maximum Gasteiger partial charge on any atom is 0.338 e. The molecule has 0 radical (unpaired) electrons. The Morgan fingerprint density at radius 2 is 2.04 bits per heavy atom. The number of hydrogen-bond donors (Lipinski definition) is 1. The van der Waals surface area contributed by atoms with E-state index in [1.807, 2.05) is 23.8 Å². The van der Waals surface area contributed by atoms with Gasteiger partial charge in [0.2, 0.25) is 17.6 Å². The van der Waals surface area contributed by atoms with Crippen LogP contribution in [0.3, 0.4) is 0 Å². The van der Waals surface area contributed by atoms with Crippen molar-refractivity contribution in [3.8, 4) is 11.4 Å². The molecular weight excluding hydrogens is 378 g/mol. The molecule has 0 aliphatic carbocycles. The normalized spacial score (nSPS) is 10.6. The standard InChI is InChI=1S/C20H21N3O4S/c1-2-3-11-26-20(25)14-4-6-16(7-5-14)21-17(24)8-9-18-22-19(23-27-18)15-10-12-28-13-15/h4-7,10,12-13H,2-3,8-9,11H2,1H3,(H,21,24). The van der Waals surface area contributed by atoms with Gasteiger partial charge in [-0.25, -0.2) is 4.79 Å². The van der Waals surface area contributed by atoms with E-state index in [0.717, 1.165) is 18.4 Å². The van der Waals surface area contributed by atoms with Gasteiger partial charge < -0.3 is 14.6 Å². The topological polar surface area (TPSA) is 94.3 Å². The molecule has 2 aromatic heterocycles. The van der Waals surface area contributed by atoms with Crippen LogP contribution in [0.4, 0.5) is 5.69 Å². The van der Waals surface area contributed by atoms with Crippen LogP contribution in [0.2, 0.25) is 0 Å². The third kappa shape index (κ3) is 5.50. The highest BCUT2D eigenvalue weighted by molar-refractivity contribution is 7.08. The predicted octanol–water partition coefficient (Wildman–Crippen LogP) is 4.33. The number of carbonyl (C=O) groups is 2. The number of esters is 1. The van der Waals surface area contributed by atoms with Gasteiger partial charge in [0.05, 0.1) is 12.2 Å². The van der Waals surface area contributed by atoms with Crippen LogP contribution in [0.1, 0.15) is 42.4 Å². The van der Waals surface area contributed by atoms with E-state index in [-0.39, 0.29) is 18.3 Å². The van der Waals surface area contributed by atoms with Gasteiger partial charge in [-0.05, 0) is 42.1 Å². The Morgan fingerprint density at radius 3 is 2.75 bits per heavy atom. The van der Waals surface area contributed by atoms with Gasteiger partial charge in [0, 0.05) is 29.5 Å². The van der Waals surface area contributed by atoms with Gasteiger partial charge in [0.25, 0.3) is 0 Å². The van der Waals surface area contributed by atoms with E-state index in [1.54, 1.807) is 35.6 Å². The number of amides is 1. The number of rotatable bonds is 9. The lowest BCUT2D eigenvalue weighted by atomic mass is 10.2. The van der Waals surface area contributed by atoms with Crippen LogP contribution in [0.15, 0.2) is 45.6 Å². The van der Waals surface area contributed by atoms with Gasteiger partial charge >= 0.3 is 5.97 Å². The average Bonchev–Trinajstić information content (AvgIpc) is 3.39. The highest BCUT2D eigenvalue weighted by atomic mass is 32.1. The van der Waals surface area contributed by atoms with E-state index in [1.165, 1.54) is 0 Å². The highest BCUT2D eigenvalue weighted by Gasteiger charge is 2.12. The summed E-state index contributed by atoms with van der Waals surface area (Å²) in [6.07, 6.45) is 2.38. The van der Waals surface area contributed by atoms with Gasteiger partial charge in [-0.15, -0.1) is 0 Å². The molecule has 0 saturated carbocycles. The predicted molar refractivity (Wildman–Crippen MR) is 106 cm³/mol. The smallest absolute Gasteiger partial charge is 0.338 e. The van der Waals surface area contributed by atoms with E-state index < -0.39 is 0 Å². The number of thiophene rings is 1. The number of unbranched alkanes of at least 4 members (excludes halogenated alkanes) is 1. The highest BCUT2D eigenvalue weighted by Crippen LogP contribution is 2.19. The second-order valence-electron chi connectivity index (χ2n) is 6.14. The van der Waals surface area contributed by atoms with Crippen molar-refractivity contribution in [3.05, 3.63) is 52.5 Å². The largest absolute Gasteiger partial charge is 0.462 e. The van der Waals surface area contributed by atoms with Crippen LogP contribution >= 0.6 is 11.3 Å². The molecule has 146 valence electrons. The van der Waals surface area contributed by atoms with Gasteiger partial charge in [-0.1, -0.05) is 18.5 Å². The van der Waals surface area contributed by atoms with Crippen LogP contribution in [-0.4, -0.2) is 28.6 Å². The summed E-state index contributed by atoms with van der Waals surface area (Å²) >= 11 is 1.56. The molecule has 1 N–H and O–H groups in total. The maximum atomic E-state index is 12.1. The first-order valence-corrected chi connectivity index (χ1v) is 10.0. The van der Waals surface area contributed by atoms with Crippen LogP contribution in [0.25, 0.3) is 11.4 Å². The Labute approximate surface area is 166 Å². The van der Waals surface area contributed by atoms with Crippen molar-refractivity contribution < 1.29 is 18.8 Å². The second kappa shape index (κ2) is 9.80. The average molecular weight is 399 g/mol. The molecule has 8 heteroatoms. The lowest BCUT2D eigenvalue weighted by molar-refractivity contribution is -0.116. The Morgan fingerprint density at radius 1 is 1.21 bits per heavy atom. The minimum Gasteiger partial charge on any atom is -0.462 e. The molecule has 0 atom stereocenters. The number of anilines is 1. The summed E-state index contributed by atoms with van der Waals surface area (Å²) in [6, 6.07) is 8.53. The lowest BCUT2D eigenvalue weighted by Crippen LogP contribution is -2.13. The molecule has 0 saturated heterocycles. The molecule has 0 aliphatic rings.